The minimum Gasteiger partial charge on any atom is -0.459 e. The smallest absolute Gasteiger partial charge is 0.338 e. The van der Waals surface area contributed by atoms with Gasteiger partial charge in [0.1, 0.15) is 12.7 Å². The van der Waals surface area contributed by atoms with E-state index in [1.54, 1.807) is 60.7 Å². The molecule has 1 fully saturated rings. The Morgan fingerprint density at radius 1 is 0.719 bits per heavy atom. The second-order valence-corrected chi connectivity index (χ2v) is 6.93. The quantitative estimate of drug-likeness (QED) is 0.470. The zero-order chi connectivity index (χ0) is 23.1. The van der Waals surface area contributed by atoms with Gasteiger partial charge in [-0.2, -0.15) is 0 Å². The van der Waals surface area contributed by atoms with Crippen LogP contribution in [0.15, 0.2) is 60.7 Å². The number of benzene rings is 2. The molecule has 0 N–H and O–H groups in total. The van der Waals surface area contributed by atoms with Gasteiger partial charge in [-0.15, -0.1) is 0 Å². The summed E-state index contributed by atoms with van der Waals surface area (Å²) in [6.07, 6.45) is -4.83. The average Bonchev–Trinajstić information content (AvgIpc) is 3.08. The molecule has 0 aromatic heterocycles. The number of carbonyl (C=O) groups is 4. The predicted octanol–water partition coefficient (Wildman–Crippen LogP) is 2.29. The molecule has 0 radical (unpaired) electrons. The summed E-state index contributed by atoms with van der Waals surface area (Å²) in [6, 6.07) is 16.4. The molecule has 2 aromatic carbocycles. The van der Waals surface area contributed by atoms with E-state index in [2.05, 4.69) is 0 Å². The Kier molecular flexibility index (Phi) is 7.56. The molecule has 3 rings (SSSR count). The van der Waals surface area contributed by atoms with Crippen LogP contribution in [0.4, 0.5) is 0 Å². The van der Waals surface area contributed by atoms with Crippen molar-refractivity contribution in [3.8, 4) is 0 Å². The number of carbonyl (C=O) groups excluding carboxylic acids is 4. The Morgan fingerprint density at radius 3 is 1.78 bits per heavy atom. The van der Waals surface area contributed by atoms with Gasteiger partial charge >= 0.3 is 23.9 Å². The normalized spacial score (nSPS) is 21.9. The number of hydrogen-bond acceptors (Lipinski definition) is 9. The molecule has 9 heteroatoms. The molecule has 3 unspecified atom stereocenters. The third-order valence-electron chi connectivity index (χ3n) is 4.49. The van der Waals surface area contributed by atoms with Crippen molar-refractivity contribution in [1.29, 1.82) is 0 Å². The van der Waals surface area contributed by atoms with Crippen LogP contribution in [0.5, 0.6) is 0 Å². The van der Waals surface area contributed by atoms with Crippen LogP contribution in [0.2, 0.25) is 0 Å². The monoisotopic (exact) mass is 442 g/mol. The molecule has 1 saturated heterocycles. The van der Waals surface area contributed by atoms with Gasteiger partial charge in [0.2, 0.25) is 12.4 Å². The summed E-state index contributed by atoms with van der Waals surface area (Å²) < 4.78 is 26.8. The van der Waals surface area contributed by atoms with E-state index < -0.39 is 48.5 Å². The first-order chi connectivity index (χ1) is 15.3. The maximum absolute atomic E-state index is 12.6. The Bertz CT molecular complexity index is 958. The summed E-state index contributed by atoms with van der Waals surface area (Å²) in [5, 5.41) is 0. The summed E-state index contributed by atoms with van der Waals surface area (Å²) in [4.78, 5) is 48.1. The lowest BCUT2D eigenvalue weighted by Gasteiger charge is -2.23. The van der Waals surface area contributed by atoms with Gasteiger partial charge < -0.3 is 23.7 Å². The Morgan fingerprint density at radius 2 is 1.25 bits per heavy atom. The maximum atomic E-state index is 12.6. The molecule has 0 aliphatic carbocycles. The standard InChI is InChI=1S/C23H22O9/c1-14(24)29-20-19(32-22(27)17-11-7-4-8-12-17)18(31-23(20)30-15(2)25)13-28-21(26)16-9-5-3-6-10-16/h3-12,18-20,23H,13H2,1-2H3/t18-,19?,20?,23?/m0/s1. The molecule has 0 spiro atoms. The maximum Gasteiger partial charge on any atom is 0.338 e. The fourth-order valence-electron chi connectivity index (χ4n) is 3.12. The first-order valence-corrected chi connectivity index (χ1v) is 9.83. The molecule has 0 amide bonds. The first-order valence-electron chi connectivity index (χ1n) is 9.83. The predicted molar refractivity (Wildman–Crippen MR) is 108 cm³/mol. The van der Waals surface area contributed by atoms with E-state index >= 15 is 0 Å². The minimum absolute atomic E-state index is 0.255. The fraction of sp³-hybridized carbons (Fsp3) is 0.304. The van der Waals surface area contributed by atoms with Crippen molar-refractivity contribution in [3.63, 3.8) is 0 Å². The minimum atomic E-state index is -1.34. The Hall–Kier alpha value is -3.72. The molecule has 1 heterocycles. The Balaban J connectivity index is 1.80. The first kappa shape index (κ1) is 23.0. The Labute approximate surface area is 184 Å². The second kappa shape index (κ2) is 10.5. The molecule has 4 atom stereocenters. The summed E-state index contributed by atoms with van der Waals surface area (Å²) in [7, 11) is 0. The lowest BCUT2D eigenvalue weighted by atomic mass is 10.1. The fourth-order valence-corrected chi connectivity index (χ4v) is 3.12. The highest BCUT2D eigenvalue weighted by Crippen LogP contribution is 2.29. The highest BCUT2D eigenvalue weighted by Gasteiger charge is 2.51. The average molecular weight is 442 g/mol. The van der Waals surface area contributed by atoms with Crippen molar-refractivity contribution in [1.82, 2.24) is 0 Å². The van der Waals surface area contributed by atoms with E-state index in [9.17, 15) is 19.2 Å². The van der Waals surface area contributed by atoms with Crippen LogP contribution < -0.4 is 0 Å². The second-order valence-electron chi connectivity index (χ2n) is 6.93. The van der Waals surface area contributed by atoms with E-state index in [0.29, 0.717) is 5.56 Å². The summed E-state index contributed by atoms with van der Waals surface area (Å²) in [5.74, 6) is -2.72. The van der Waals surface area contributed by atoms with Crippen LogP contribution in [0.3, 0.4) is 0 Å². The molecule has 2 aromatic rings. The molecule has 9 nitrogen and oxygen atoms in total. The lowest BCUT2D eigenvalue weighted by molar-refractivity contribution is -0.196. The third-order valence-corrected chi connectivity index (χ3v) is 4.49. The van der Waals surface area contributed by atoms with Crippen molar-refractivity contribution < 1.29 is 42.9 Å². The van der Waals surface area contributed by atoms with Crippen LogP contribution in [-0.4, -0.2) is 55.1 Å². The van der Waals surface area contributed by atoms with Crippen molar-refractivity contribution in [2.24, 2.45) is 0 Å². The van der Waals surface area contributed by atoms with Gasteiger partial charge in [0.15, 0.2) is 6.10 Å². The zero-order valence-corrected chi connectivity index (χ0v) is 17.5. The van der Waals surface area contributed by atoms with Crippen LogP contribution >= 0.6 is 0 Å². The topological polar surface area (TPSA) is 114 Å². The number of ether oxygens (including phenoxy) is 5. The molecular weight excluding hydrogens is 420 g/mol. The number of rotatable bonds is 7. The number of hydrogen-bond donors (Lipinski definition) is 0. The van der Waals surface area contributed by atoms with E-state index in [1.165, 1.54) is 0 Å². The molecule has 1 aliphatic rings. The van der Waals surface area contributed by atoms with Crippen molar-refractivity contribution in [3.05, 3.63) is 71.8 Å². The third kappa shape index (κ3) is 5.92. The van der Waals surface area contributed by atoms with E-state index in [4.69, 9.17) is 23.7 Å². The summed E-state index contributed by atoms with van der Waals surface area (Å²) >= 11 is 0. The van der Waals surface area contributed by atoms with Crippen molar-refractivity contribution >= 4 is 23.9 Å². The molecule has 168 valence electrons. The van der Waals surface area contributed by atoms with E-state index in [-0.39, 0.29) is 12.2 Å². The van der Waals surface area contributed by atoms with Gasteiger partial charge in [-0.3, -0.25) is 9.59 Å². The molecule has 32 heavy (non-hydrogen) atoms. The van der Waals surface area contributed by atoms with Gasteiger partial charge in [-0.05, 0) is 24.3 Å². The number of esters is 4. The van der Waals surface area contributed by atoms with Gasteiger partial charge in [-0.1, -0.05) is 36.4 Å². The molecule has 0 saturated carbocycles. The van der Waals surface area contributed by atoms with Gasteiger partial charge in [0.05, 0.1) is 11.1 Å². The van der Waals surface area contributed by atoms with Crippen molar-refractivity contribution in [2.75, 3.05) is 6.61 Å². The van der Waals surface area contributed by atoms with E-state index in [0.717, 1.165) is 13.8 Å². The molecule has 0 bridgehead atoms. The largest absolute Gasteiger partial charge is 0.459 e. The molecule has 1 aliphatic heterocycles. The lowest BCUT2D eigenvalue weighted by Crippen LogP contribution is -2.42. The van der Waals surface area contributed by atoms with Gasteiger partial charge in [-0.25, -0.2) is 9.59 Å². The van der Waals surface area contributed by atoms with Crippen LogP contribution in [0.1, 0.15) is 34.6 Å². The SMILES string of the molecule is CC(=O)OC1O[C@@H](COC(=O)c2ccccc2)C(OC(=O)c2ccccc2)C1OC(C)=O. The van der Waals surface area contributed by atoms with Crippen LogP contribution in [0, 0.1) is 0 Å². The van der Waals surface area contributed by atoms with Crippen LogP contribution in [0.25, 0.3) is 0 Å². The van der Waals surface area contributed by atoms with Gasteiger partial charge in [0, 0.05) is 13.8 Å². The van der Waals surface area contributed by atoms with Crippen LogP contribution in [-0.2, 0) is 33.3 Å². The highest BCUT2D eigenvalue weighted by molar-refractivity contribution is 5.90. The van der Waals surface area contributed by atoms with Gasteiger partial charge in [0.25, 0.3) is 0 Å². The summed E-state index contributed by atoms with van der Waals surface area (Å²) in [5.41, 5.74) is 0.571. The zero-order valence-electron chi connectivity index (χ0n) is 17.5. The van der Waals surface area contributed by atoms with E-state index in [1.807, 2.05) is 0 Å². The molecular formula is C23H22O9. The van der Waals surface area contributed by atoms with Crippen molar-refractivity contribution in [2.45, 2.75) is 38.4 Å². The summed E-state index contributed by atoms with van der Waals surface area (Å²) in [6.45, 7) is 1.97. The highest BCUT2D eigenvalue weighted by atomic mass is 16.8.